The van der Waals surface area contributed by atoms with Crippen molar-refractivity contribution in [2.45, 2.75) is 33.4 Å². The monoisotopic (exact) mass is 321 g/mol. The Morgan fingerprint density at radius 1 is 1.08 bits per heavy atom. The summed E-state index contributed by atoms with van der Waals surface area (Å²) in [6, 6.07) is 14.2. The molecule has 0 N–H and O–H groups in total. The van der Waals surface area contributed by atoms with Gasteiger partial charge in [-0.2, -0.15) is 0 Å². The zero-order valence-electron chi connectivity index (χ0n) is 14.5. The minimum atomic E-state index is -0.0283. The lowest BCUT2D eigenvalue weighted by atomic mass is 10.1. The Labute approximate surface area is 142 Å². The maximum atomic E-state index is 12.3. The Bertz CT molecular complexity index is 897. The Morgan fingerprint density at radius 2 is 1.79 bits per heavy atom. The summed E-state index contributed by atoms with van der Waals surface area (Å²) in [6.07, 6.45) is 2.82. The lowest BCUT2D eigenvalue weighted by Gasteiger charge is -2.17. The van der Waals surface area contributed by atoms with Gasteiger partial charge in [-0.15, -0.1) is 0 Å². The number of fused-ring (bicyclic) bond motifs is 1. The van der Waals surface area contributed by atoms with Gasteiger partial charge < -0.3 is 0 Å². The number of aromatic nitrogens is 2. The fourth-order valence-electron chi connectivity index (χ4n) is 2.91. The number of aryl methyl sites for hydroxylation is 2. The van der Waals surface area contributed by atoms with Crippen LogP contribution >= 0.6 is 0 Å². The van der Waals surface area contributed by atoms with Gasteiger partial charge in [0, 0.05) is 25.4 Å². The van der Waals surface area contributed by atoms with Gasteiger partial charge in [-0.05, 0) is 43.1 Å². The van der Waals surface area contributed by atoms with E-state index in [1.54, 1.807) is 16.7 Å². The molecule has 0 fully saturated rings. The van der Waals surface area contributed by atoms with Crippen molar-refractivity contribution in [2.24, 2.45) is 0 Å². The molecule has 4 nitrogen and oxygen atoms in total. The molecule has 1 aromatic carbocycles. The third-order valence-corrected chi connectivity index (χ3v) is 4.25. The van der Waals surface area contributed by atoms with Gasteiger partial charge >= 0.3 is 0 Å². The first-order chi connectivity index (χ1) is 11.6. The number of hydrogen-bond donors (Lipinski definition) is 0. The summed E-state index contributed by atoms with van der Waals surface area (Å²) in [4.78, 5) is 19.1. The zero-order valence-corrected chi connectivity index (χ0v) is 14.5. The molecular formula is C20H23N3O. The van der Waals surface area contributed by atoms with E-state index in [9.17, 15) is 4.79 Å². The van der Waals surface area contributed by atoms with Crippen LogP contribution in [0.25, 0.3) is 5.65 Å². The number of benzene rings is 1. The van der Waals surface area contributed by atoms with E-state index in [0.717, 1.165) is 29.9 Å². The Hall–Kier alpha value is -2.46. The average molecular weight is 321 g/mol. The molecule has 0 unspecified atom stereocenters. The maximum Gasteiger partial charge on any atom is 0.258 e. The summed E-state index contributed by atoms with van der Waals surface area (Å²) in [5.41, 5.74) is 5.14. The van der Waals surface area contributed by atoms with Crippen LogP contribution in [0.3, 0.4) is 0 Å². The lowest BCUT2D eigenvalue weighted by Crippen LogP contribution is -2.22. The van der Waals surface area contributed by atoms with Crippen molar-refractivity contribution in [3.63, 3.8) is 0 Å². The Balaban J connectivity index is 1.78. The Morgan fingerprint density at radius 3 is 2.50 bits per heavy atom. The summed E-state index contributed by atoms with van der Waals surface area (Å²) < 4.78 is 1.60. The van der Waals surface area contributed by atoms with Crippen molar-refractivity contribution in [2.75, 3.05) is 7.05 Å². The molecule has 2 heterocycles. The van der Waals surface area contributed by atoms with E-state index in [1.807, 2.05) is 19.1 Å². The van der Waals surface area contributed by atoms with E-state index in [2.05, 4.69) is 48.1 Å². The van der Waals surface area contributed by atoms with E-state index >= 15 is 0 Å². The minimum Gasteiger partial charge on any atom is -0.296 e. The number of hydrogen-bond acceptors (Lipinski definition) is 3. The normalized spacial score (nSPS) is 11.3. The van der Waals surface area contributed by atoms with Crippen molar-refractivity contribution in [3.8, 4) is 0 Å². The highest BCUT2D eigenvalue weighted by Gasteiger charge is 2.07. The summed E-state index contributed by atoms with van der Waals surface area (Å²) in [6.45, 7) is 5.62. The van der Waals surface area contributed by atoms with E-state index in [4.69, 9.17) is 0 Å². The van der Waals surface area contributed by atoms with Crippen LogP contribution < -0.4 is 5.56 Å². The molecule has 0 bridgehead atoms. The molecule has 0 atom stereocenters. The largest absolute Gasteiger partial charge is 0.296 e. The van der Waals surface area contributed by atoms with Gasteiger partial charge in [-0.1, -0.05) is 37.3 Å². The first-order valence-electron chi connectivity index (χ1n) is 8.31. The summed E-state index contributed by atoms with van der Waals surface area (Å²) in [7, 11) is 2.05. The van der Waals surface area contributed by atoms with Gasteiger partial charge in [0.2, 0.25) is 0 Å². The molecule has 3 rings (SSSR count). The standard InChI is InChI=1S/C20H23N3O/c1-4-16-7-9-17(10-8-16)13-22(3)14-18-12-19(24)23-11-5-6-15(2)20(23)21-18/h5-12H,4,13-14H2,1-3H3. The summed E-state index contributed by atoms with van der Waals surface area (Å²) >= 11 is 0. The second-order valence-electron chi connectivity index (χ2n) is 6.31. The van der Waals surface area contributed by atoms with Gasteiger partial charge in [0.15, 0.2) is 0 Å². The molecule has 0 amide bonds. The van der Waals surface area contributed by atoms with Crippen LogP contribution in [-0.4, -0.2) is 21.3 Å². The van der Waals surface area contributed by atoms with Crippen molar-refractivity contribution < 1.29 is 0 Å². The first kappa shape index (κ1) is 16.4. The van der Waals surface area contributed by atoms with Crippen LogP contribution in [0.15, 0.2) is 53.5 Å². The molecule has 0 saturated heterocycles. The molecule has 0 radical (unpaired) electrons. The topological polar surface area (TPSA) is 37.6 Å². The van der Waals surface area contributed by atoms with E-state index in [-0.39, 0.29) is 5.56 Å². The van der Waals surface area contributed by atoms with Gasteiger partial charge in [0.1, 0.15) is 5.65 Å². The van der Waals surface area contributed by atoms with E-state index in [0.29, 0.717) is 6.54 Å². The van der Waals surface area contributed by atoms with Gasteiger partial charge in [-0.3, -0.25) is 14.1 Å². The van der Waals surface area contributed by atoms with Crippen LogP contribution in [0.2, 0.25) is 0 Å². The van der Waals surface area contributed by atoms with Crippen LogP contribution in [0.5, 0.6) is 0 Å². The predicted octanol–water partition coefficient (Wildman–Crippen LogP) is 3.20. The van der Waals surface area contributed by atoms with Crippen LogP contribution in [0.1, 0.15) is 29.3 Å². The third kappa shape index (κ3) is 3.54. The van der Waals surface area contributed by atoms with E-state index < -0.39 is 0 Å². The third-order valence-electron chi connectivity index (χ3n) is 4.25. The molecule has 4 heteroatoms. The molecule has 2 aromatic heterocycles. The Kier molecular flexibility index (Phi) is 4.76. The second kappa shape index (κ2) is 6.97. The highest BCUT2D eigenvalue weighted by atomic mass is 16.1. The lowest BCUT2D eigenvalue weighted by molar-refractivity contribution is 0.315. The predicted molar refractivity (Wildman–Crippen MR) is 97.2 cm³/mol. The van der Waals surface area contributed by atoms with Gasteiger partial charge in [0.05, 0.1) is 5.69 Å². The fourth-order valence-corrected chi connectivity index (χ4v) is 2.91. The average Bonchev–Trinajstić information content (AvgIpc) is 2.56. The SMILES string of the molecule is CCc1ccc(CN(C)Cc2cc(=O)n3cccc(C)c3n2)cc1. The molecule has 0 aliphatic carbocycles. The zero-order chi connectivity index (χ0) is 17.1. The molecule has 24 heavy (non-hydrogen) atoms. The second-order valence-corrected chi connectivity index (χ2v) is 6.31. The number of rotatable bonds is 5. The first-order valence-corrected chi connectivity index (χ1v) is 8.31. The molecule has 0 aliphatic heterocycles. The minimum absolute atomic E-state index is 0.0283. The van der Waals surface area contributed by atoms with Crippen molar-refractivity contribution in [3.05, 3.63) is 81.4 Å². The van der Waals surface area contributed by atoms with Crippen LogP contribution in [0.4, 0.5) is 0 Å². The molecule has 0 saturated carbocycles. The fraction of sp³-hybridized carbons (Fsp3) is 0.300. The van der Waals surface area contributed by atoms with Crippen molar-refractivity contribution in [1.29, 1.82) is 0 Å². The van der Waals surface area contributed by atoms with Crippen molar-refractivity contribution in [1.82, 2.24) is 14.3 Å². The molecule has 124 valence electrons. The highest BCUT2D eigenvalue weighted by Crippen LogP contribution is 2.10. The maximum absolute atomic E-state index is 12.3. The van der Waals surface area contributed by atoms with Gasteiger partial charge in [0.25, 0.3) is 5.56 Å². The van der Waals surface area contributed by atoms with Crippen LogP contribution in [0, 0.1) is 6.92 Å². The van der Waals surface area contributed by atoms with Crippen LogP contribution in [-0.2, 0) is 19.5 Å². The summed E-state index contributed by atoms with van der Waals surface area (Å²) in [5, 5.41) is 0. The van der Waals surface area contributed by atoms with E-state index in [1.165, 1.54) is 11.1 Å². The van der Waals surface area contributed by atoms with Gasteiger partial charge in [-0.25, -0.2) is 4.98 Å². The number of nitrogens with zero attached hydrogens (tertiary/aromatic N) is 3. The quantitative estimate of drug-likeness (QED) is 0.724. The smallest absolute Gasteiger partial charge is 0.258 e. The highest BCUT2D eigenvalue weighted by molar-refractivity contribution is 5.46. The molecule has 0 spiro atoms. The number of pyridine rings is 1. The molecular weight excluding hydrogens is 298 g/mol. The summed E-state index contributed by atoms with van der Waals surface area (Å²) in [5.74, 6) is 0. The molecule has 3 aromatic rings. The van der Waals surface area contributed by atoms with Crippen molar-refractivity contribution >= 4 is 5.65 Å². The molecule has 0 aliphatic rings.